The van der Waals surface area contributed by atoms with Gasteiger partial charge in [-0.05, 0) is 42.3 Å². The molecule has 2 aromatic heterocycles. The van der Waals surface area contributed by atoms with Crippen LogP contribution in [0.15, 0.2) is 55.0 Å². The highest BCUT2D eigenvalue weighted by Gasteiger charge is 2.18. The van der Waals surface area contributed by atoms with Gasteiger partial charge in [0.15, 0.2) is 5.82 Å². The van der Waals surface area contributed by atoms with E-state index in [0.29, 0.717) is 17.0 Å². The van der Waals surface area contributed by atoms with E-state index in [1.54, 1.807) is 47.1 Å². The van der Waals surface area contributed by atoms with E-state index in [4.69, 9.17) is 12.3 Å². The number of anilines is 3. The predicted octanol–water partition coefficient (Wildman–Crippen LogP) is 4.49. The van der Waals surface area contributed by atoms with Crippen LogP contribution in [0.5, 0.6) is 0 Å². The first-order valence-electron chi connectivity index (χ1n) is 9.35. The Morgan fingerprint density at radius 3 is 2.74 bits per heavy atom. The Bertz CT molecular complexity index is 1320. The molecular weight excluding hydrogens is 397 g/mol. The minimum absolute atomic E-state index is 0.105. The molecular formula is C22H18FN7O. The lowest BCUT2D eigenvalue weighted by atomic mass is 10.0. The Kier molecular flexibility index (Phi) is 5.20. The molecule has 2 amide bonds. The molecule has 0 aliphatic rings. The lowest BCUT2D eigenvalue weighted by Crippen LogP contribution is -2.20. The number of hydrogen-bond acceptors (Lipinski definition) is 4. The van der Waals surface area contributed by atoms with Crippen molar-refractivity contribution in [3.8, 4) is 11.1 Å². The molecule has 8 nitrogen and oxygen atoms in total. The summed E-state index contributed by atoms with van der Waals surface area (Å²) in [5.41, 5.74) is 10.5. The number of hydrogen-bond donors (Lipinski definition) is 3. The zero-order valence-corrected chi connectivity index (χ0v) is 16.6. The van der Waals surface area contributed by atoms with Gasteiger partial charge in [0.25, 0.3) is 0 Å². The fourth-order valence-corrected chi connectivity index (χ4v) is 3.35. The number of amides is 2. The number of aryl methyl sites for hydroxylation is 1. The van der Waals surface area contributed by atoms with E-state index in [1.165, 1.54) is 12.4 Å². The normalized spacial score (nSPS) is 10.6. The van der Waals surface area contributed by atoms with E-state index >= 15 is 0 Å². The van der Waals surface area contributed by atoms with Crippen LogP contribution in [0.25, 0.3) is 21.5 Å². The molecule has 0 radical (unpaired) electrons. The number of carbonyl (C=O) groups is 1. The average Bonchev–Trinajstić information content (AvgIpc) is 3.11. The Morgan fingerprint density at radius 1 is 1.23 bits per heavy atom. The molecule has 9 heteroatoms. The number of urea groups is 1. The van der Waals surface area contributed by atoms with Gasteiger partial charge in [-0.1, -0.05) is 18.2 Å². The van der Waals surface area contributed by atoms with Crippen LogP contribution in [0.4, 0.5) is 26.4 Å². The maximum atomic E-state index is 13.9. The van der Waals surface area contributed by atoms with E-state index in [9.17, 15) is 9.18 Å². The maximum Gasteiger partial charge on any atom is 0.323 e. The van der Waals surface area contributed by atoms with Crippen LogP contribution in [0, 0.1) is 19.3 Å². The van der Waals surface area contributed by atoms with Crippen molar-refractivity contribution in [1.82, 2.24) is 14.6 Å². The zero-order valence-electron chi connectivity index (χ0n) is 16.6. The topological polar surface area (TPSA) is 102 Å². The molecule has 0 unspecified atom stereocenters. The summed E-state index contributed by atoms with van der Waals surface area (Å²) in [6.45, 7) is 9.21. The monoisotopic (exact) mass is 415 g/mol. The van der Waals surface area contributed by atoms with E-state index in [2.05, 4.69) is 25.6 Å². The van der Waals surface area contributed by atoms with Gasteiger partial charge in [-0.15, -0.1) is 0 Å². The minimum atomic E-state index is -0.557. The van der Waals surface area contributed by atoms with Gasteiger partial charge in [-0.2, -0.15) is 5.10 Å². The number of carbonyl (C=O) groups excluding carboxylic acids is 1. The van der Waals surface area contributed by atoms with Crippen molar-refractivity contribution in [2.45, 2.75) is 13.5 Å². The number of benzene rings is 2. The highest BCUT2D eigenvalue weighted by Crippen LogP contribution is 2.33. The number of rotatable bonds is 4. The van der Waals surface area contributed by atoms with Crippen LogP contribution in [-0.2, 0) is 6.54 Å². The molecule has 0 aliphatic heterocycles. The molecule has 2 aromatic carbocycles. The highest BCUT2D eigenvalue weighted by atomic mass is 19.1. The lowest BCUT2D eigenvalue weighted by molar-refractivity contribution is 0.262. The number of nitrogens with one attached hydrogen (secondary N) is 2. The first-order valence-corrected chi connectivity index (χ1v) is 9.35. The molecule has 154 valence electrons. The van der Waals surface area contributed by atoms with Crippen molar-refractivity contribution in [3.63, 3.8) is 0 Å². The predicted molar refractivity (Wildman–Crippen MR) is 117 cm³/mol. The number of aromatic nitrogens is 3. The van der Waals surface area contributed by atoms with Crippen LogP contribution in [0.2, 0.25) is 0 Å². The number of nitrogens with zero attached hydrogens (tertiary/aromatic N) is 4. The summed E-state index contributed by atoms with van der Waals surface area (Å²) in [4.78, 5) is 19.8. The van der Waals surface area contributed by atoms with Crippen LogP contribution < -0.4 is 16.4 Å². The van der Waals surface area contributed by atoms with Gasteiger partial charge in [0.05, 0.1) is 11.3 Å². The molecule has 0 aliphatic carbocycles. The summed E-state index contributed by atoms with van der Waals surface area (Å²) >= 11 is 0. The minimum Gasteiger partial charge on any atom is -0.382 e. The quantitative estimate of drug-likeness (QED) is 0.428. The van der Waals surface area contributed by atoms with Gasteiger partial charge < -0.3 is 21.2 Å². The van der Waals surface area contributed by atoms with Gasteiger partial charge in [0, 0.05) is 17.4 Å². The standard InChI is InChI=1S/C22H18FN7O/c1-13-3-8-17(23)18(9-13)29-22(31)28-16-6-4-14(5-7-16)19-15(10-25-2)11-30-20(19)21(24)26-12-27-30/h3-9,11-12H,10H2,1H3,(H2,24,26,27)(H2,28,29,31). The Balaban J connectivity index is 1.59. The molecule has 0 fully saturated rings. The third kappa shape index (κ3) is 4.00. The maximum absolute atomic E-state index is 13.9. The first kappa shape index (κ1) is 19.8. The summed E-state index contributed by atoms with van der Waals surface area (Å²) in [7, 11) is 0. The summed E-state index contributed by atoms with van der Waals surface area (Å²) in [6.07, 6.45) is 3.12. The molecule has 2 heterocycles. The summed E-state index contributed by atoms with van der Waals surface area (Å²) < 4.78 is 15.5. The number of fused-ring (bicyclic) bond motifs is 1. The molecule has 0 atom stereocenters. The van der Waals surface area contributed by atoms with Gasteiger partial charge >= 0.3 is 6.03 Å². The molecule has 31 heavy (non-hydrogen) atoms. The van der Waals surface area contributed by atoms with Gasteiger partial charge in [0.2, 0.25) is 6.54 Å². The van der Waals surface area contributed by atoms with Gasteiger partial charge in [-0.3, -0.25) is 0 Å². The molecule has 0 saturated heterocycles. The summed E-state index contributed by atoms with van der Waals surface area (Å²) in [5.74, 6) is -0.202. The second-order valence-electron chi connectivity index (χ2n) is 6.92. The van der Waals surface area contributed by atoms with Crippen molar-refractivity contribution in [2.24, 2.45) is 0 Å². The fourth-order valence-electron chi connectivity index (χ4n) is 3.35. The Labute approximate surface area is 177 Å². The van der Waals surface area contributed by atoms with Gasteiger partial charge in [0.1, 0.15) is 17.7 Å². The summed E-state index contributed by atoms with van der Waals surface area (Å²) in [5, 5.41) is 9.35. The van der Waals surface area contributed by atoms with Crippen molar-refractivity contribution in [3.05, 3.63) is 83.4 Å². The SMILES string of the molecule is [C-]#[N+]Cc1cn2ncnc(N)c2c1-c1ccc(NC(=O)Nc2cc(C)ccc2F)cc1. The Hall–Kier alpha value is -4.45. The van der Waals surface area contributed by atoms with E-state index in [-0.39, 0.29) is 12.2 Å². The fraction of sp³-hybridized carbons (Fsp3) is 0.0909. The zero-order chi connectivity index (χ0) is 22.0. The van der Waals surface area contributed by atoms with Crippen molar-refractivity contribution in [1.29, 1.82) is 0 Å². The molecule has 4 aromatic rings. The van der Waals surface area contributed by atoms with Crippen LogP contribution >= 0.6 is 0 Å². The average molecular weight is 415 g/mol. The molecule has 4 N–H and O–H groups in total. The second-order valence-corrected chi connectivity index (χ2v) is 6.92. The molecule has 4 rings (SSSR count). The van der Waals surface area contributed by atoms with E-state index in [0.717, 1.165) is 22.3 Å². The number of nitrogen functional groups attached to an aromatic ring is 1. The lowest BCUT2D eigenvalue weighted by Gasteiger charge is -2.10. The number of nitrogens with two attached hydrogens (primary N) is 1. The third-order valence-electron chi connectivity index (χ3n) is 4.73. The Morgan fingerprint density at radius 2 is 2.00 bits per heavy atom. The largest absolute Gasteiger partial charge is 0.382 e. The van der Waals surface area contributed by atoms with Crippen molar-refractivity contribution < 1.29 is 9.18 Å². The highest BCUT2D eigenvalue weighted by molar-refractivity contribution is 6.00. The van der Waals surface area contributed by atoms with E-state index < -0.39 is 11.8 Å². The summed E-state index contributed by atoms with van der Waals surface area (Å²) in [6, 6.07) is 11.0. The second kappa shape index (κ2) is 8.12. The van der Waals surface area contributed by atoms with Gasteiger partial charge in [-0.25, -0.2) is 25.3 Å². The van der Waals surface area contributed by atoms with Crippen molar-refractivity contribution >= 4 is 28.7 Å². The smallest absolute Gasteiger partial charge is 0.323 e. The van der Waals surface area contributed by atoms with Crippen LogP contribution in [0.3, 0.4) is 0 Å². The van der Waals surface area contributed by atoms with Crippen molar-refractivity contribution in [2.75, 3.05) is 16.4 Å². The van der Waals surface area contributed by atoms with Crippen LogP contribution in [0.1, 0.15) is 11.1 Å². The first-order chi connectivity index (χ1) is 15.0. The molecule has 0 bridgehead atoms. The van der Waals surface area contributed by atoms with Crippen LogP contribution in [-0.4, -0.2) is 20.6 Å². The number of halogens is 1. The third-order valence-corrected chi connectivity index (χ3v) is 4.73. The van der Waals surface area contributed by atoms with E-state index in [1.807, 2.05) is 6.92 Å². The molecule has 0 spiro atoms. The molecule has 0 saturated carbocycles.